The maximum atomic E-state index is 13.5. The molecule has 29 heavy (non-hydrogen) atoms. The van der Waals surface area contributed by atoms with Crippen molar-refractivity contribution in [2.24, 2.45) is 0 Å². The molecule has 1 saturated carbocycles. The zero-order valence-corrected chi connectivity index (χ0v) is 16.9. The summed E-state index contributed by atoms with van der Waals surface area (Å²) in [5.74, 6) is -1.95. The van der Waals surface area contributed by atoms with Crippen molar-refractivity contribution >= 4 is 21.8 Å². The zero-order chi connectivity index (χ0) is 21.8. The number of halogens is 3. The molecule has 0 aliphatic heterocycles. The summed E-state index contributed by atoms with van der Waals surface area (Å²) < 4.78 is 64.1. The molecule has 10 heteroatoms. The monoisotopic (exact) mass is 432 g/mol. The van der Waals surface area contributed by atoms with Gasteiger partial charge in [0.05, 0.1) is 16.4 Å². The number of rotatable bonds is 4. The first-order chi connectivity index (χ1) is 13.4. The quantitative estimate of drug-likeness (QED) is 0.712. The van der Waals surface area contributed by atoms with Crippen LogP contribution in [0.25, 0.3) is 0 Å². The number of imide groups is 1. The molecule has 160 valence electrons. The Balaban J connectivity index is 2.57. The van der Waals surface area contributed by atoms with E-state index in [0.29, 0.717) is 12.3 Å². The van der Waals surface area contributed by atoms with Gasteiger partial charge in [0.2, 0.25) is 5.91 Å². The van der Waals surface area contributed by atoms with Gasteiger partial charge in [-0.05, 0) is 43.4 Å². The molecule has 0 radical (unpaired) electrons. The standard InChI is InChI=1S/C19H23F3N2O4S/c1-23-18(26)24-17(25)14(10-12-6-4-3-5-7-12)13-8-9-16(29(2,27)28)15(11-13)19(20,21)22/h8-11,14H,3-7H2,1-2H3,(H2,23,24,25,26). The van der Waals surface area contributed by atoms with Crippen molar-refractivity contribution in [1.29, 1.82) is 0 Å². The lowest BCUT2D eigenvalue weighted by atomic mass is 9.88. The van der Waals surface area contributed by atoms with Crippen LogP contribution in [-0.4, -0.2) is 33.7 Å². The molecule has 0 heterocycles. The third kappa shape index (κ3) is 6.06. The van der Waals surface area contributed by atoms with Crippen molar-refractivity contribution in [2.75, 3.05) is 13.3 Å². The Morgan fingerprint density at radius 3 is 2.28 bits per heavy atom. The molecule has 0 bridgehead atoms. The van der Waals surface area contributed by atoms with Crippen LogP contribution in [0.3, 0.4) is 0 Å². The van der Waals surface area contributed by atoms with Crippen LogP contribution in [0, 0.1) is 0 Å². The molecule has 1 fully saturated rings. The van der Waals surface area contributed by atoms with E-state index in [1.165, 1.54) is 13.1 Å². The first-order valence-corrected chi connectivity index (χ1v) is 11.0. The second-order valence-electron chi connectivity index (χ2n) is 6.96. The molecule has 1 aliphatic carbocycles. The van der Waals surface area contributed by atoms with E-state index in [1.54, 1.807) is 6.08 Å². The summed E-state index contributed by atoms with van der Waals surface area (Å²) in [5.41, 5.74) is -0.449. The summed E-state index contributed by atoms with van der Waals surface area (Å²) in [7, 11) is -2.82. The lowest BCUT2D eigenvalue weighted by molar-refractivity contribution is -0.140. The van der Waals surface area contributed by atoms with Gasteiger partial charge in [0.25, 0.3) is 0 Å². The summed E-state index contributed by atoms with van der Waals surface area (Å²) >= 11 is 0. The lowest BCUT2D eigenvalue weighted by Gasteiger charge is -2.20. The molecule has 1 atom stereocenters. The van der Waals surface area contributed by atoms with Crippen molar-refractivity contribution in [3.8, 4) is 0 Å². The van der Waals surface area contributed by atoms with E-state index in [1.807, 2.05) is 0 Å². The van der Waals surface area contributed by atoms with Crippen LogP contribution in [0.5, 0.6) is 0 Å². The molecule has 1 aromatic rings. The minimum atomic E-state index is -4.92. The van der Waals surface area contributed by atoms with Crippen LogP contribution in [0.1, 0.15) is 49.1 Å². The molecule has 1 aliphatic rings. The number of nitrogens with one attached hydrogen (secondary N) is 2. The van der Waals surface area contributed by atoms with E-state index >= 15 is 0 Å². The number of carbonyl (C=O) groups excluding carboxylic acids is 2. The Labute approximate surface area is 167 Å². The van der Waals surface area contributed by atoms with Gasteiger partial charge in [-0.2, -0.15) is 13.2 Å². The summed E-state index contributed by atoms with van der Waals surface area (Å²) in [6.45, 7) is 0. The molecule has 0 spiro atoms. The van der Waals surface area contributed by atoms with Gasteiger partial charge in [-0.3, -0.25) is 10.1 Å². The molecule has 3 amide bonds. The van der Waals surface area contributed by atoms with Crippen LogP contribution in [0.4, 0.5) is 18.0 Å². The highest BCUT2D eigenvalue weighted by atomic mass is 32.2. The van der Waals surface area contributed by atoms with Gasteiger partial charge in [-0.15, -0.1) is 0 Å². The first-order valence-electron chi connectivity index (χ1n) is 9.07. The summed E-state index contributed by atoms with van der Waals surface area (Å²) in [6.07, 6.45) is 1.65. The number of urea groups is 1. The largest absolute Gasteiger partial charge is 0.417 e. The summed E-state index contributed by atoms with van der Waals surface area (Å²) in [4.78, 5) is 23.3. The van der Waals surface area contributed by atoms with Crippen LogP contribution in [0.15, 0.2) is 34.7 Å². The maximum Gasteiger partial charge on any atom is 0.417 e. The van der Waals surface area contributed by atoms with Gasteiger partial charge >= 0.3 is 12.2 Å². The Kier molecular flexibility index (Phi) is 7.10. The molecule has 0 aromatic heterocycles. The van der Waals surface area contributed by atoms with Gasteiger partial charge < -0.3 is 5.32 Å². The number of carbonyl (C=O) groups is 2. The van der Waals surface area contributed by atoms with Gasteiger partial charge in [0.1, 0.15) is 0 Å². The minimum absolute atomic E-state index is 0.0378. The van der Waals surface area contributed by atoms with Crippen LogP contribution in [-0.2, 0) is 20.8 Å². The van der Waals surface area contributed by atoms with Crippen molar-refractivity contribution in [1.82, 2.24) is 10.6 Å². The zero-order valence-electron chi connectivity index (χ0n) is 16.1. The smallest absolute Gasteiger partial charge is 0.341 e. The van der Waals surface area contributed by atoms with Crippen LogP contribution in [0.2, 0.25) is 0 Å². The third-order valence-electron chi connectivity index (χ3n) is 4.71. The van der Waals surface area contributed by atoms with E-state index in [4.69, 9.17) is 0 Å². The van der Waals surface area contributed by atoms with Crippen molar-refractivity contribution < 1.29 is 31.2 Å². The predicted octanol–water partition coefficient (Wildman–Crippen LogP) is 3.54. The molecular formula is C19H23F3N2O4S. The maximum absolute atomic E-state index is 13.5. The summed E-state index contributed by atoms with van der Waals surface area (Å²) in [6, 6.07) is 1.92. The molecule has 6 nitrogen and oxygen atoms in total. The SMILES string of the molecule is CNC(=O)NC(=O)C(C=C1CCCCC1)c1ccc(S(C)(=O)=O)c(C(F)(F)F)c1. The molecular weight excluding hydrogens is 409 g/mol. The van der Waals surface area contributed by atoms with Crippen molar-refractivity contribution in [3.63, 3.8) is 0 Å². The Morgan fingerprint density at radius 1 is 1.14 bits per heavy atom. The fourth-order valence-corrected chi connectivity index (χ4v) is 4.16. The highest BCUT2D eigenvalue weighted by Gasteiger charge is 2.37. The van der Waals surface area contributed by atoms with Crippen molar-refractivity contribution in [2.45, 2.75) is 49.1 Å². The third-order valence-corrected chi connectivity index (χ3v) is 5.87. The minimum Gasteiger partial charge on any atom is -0.341 e. The average molecular weight is 432 g/mol. The highest BCUT2D eigenvalue weighted by Crippen LogP contribution is 2.37. The number of hydrogen-bond donors (Lipinski definition) is 2. The number of benzene rings is 1. The number of sulfone groups is 1. The Hall–Kier alpha value is -2.36. The predicted molar refractivity (Wildman–Crippen MR) is 101 cm³/mol. The number of allylic oxidation sites excluding steroid dienone is 1. The number of alkyl halides is 3. The molecule has 2 N–H and O–H groups in total. The lowest BCUT2D eigenvalue weighted by Crippen LogP contribution is -2.40. The molecule has 1 aromatic carbocycles. The highest BCUT2D eigenvalue weighted by molar-refractivity contribution is 7.90. The second kappa shape index (κ2) is 8.98. The van der Waals surface area contributed by atoms with Crippen molar-refractivity contribution in [3.05, 3.63) is 41.0 Å². The van der Waals surface area contributed by atoms with Gasteiger partial charge in [0.15, 0.2) is 9.84 Å². The summed E-state index contributed by atoms with van der Waals surface area (Å²) in [5, 5.41) is 4.31. The van der Waals surface area contributed by atoms with Gasteiger partial charge in [-0.1, -0.05) is 24.1 Å². The number of amides is 3. The average Bonchev–Trinajstić information content (AvgIpc) is 2.64. The van der Waals surface area contributed by atoms with Gasteiger partial charge in [0, 0.05) is 13.3 Å². The molecule has 2 rings (SSSR count). The Bertz CT molecular complexity index is 916. The normalized spacial score (nSPS) is 16.1. The Morgan fingerprint density at radius 2 is 1.76 bits per heavy atom. The number of hydrogen-bond acceptors (Lipinski definition) is 4. The fourth-order valence-electron chi connectivity index (χ4n) is 3.27. The van der Waals surface area contributed by atoms with E-state index in [2.05, 4.69) is 10.6 Å². The topological polar surface area (TPSA) is 92.3 Å². The molecule has 1 unspecified atom stereocenters. The fraction of sp³-hybridized carbons (Fsp3) is 0.474. The van der Waals surface area contributed by atoms with E-state index in [9.17, 15) is 31.2 Å². The van der Waals surface area contributed by atoms with E-state index in [-0.39, 0.29) is 5.56 Å². The van der Waals surface area contributed by atoms with Gasteiger partial charge in [-0.25, -0.2) is 13.2 Å². The van der Waals surface area contributed by atoms with E-state index < -0.39 is 44.3 Å². The second-order valence-corrected chi connectivity index (χ2v) is 8.94. The molecule has 0 saturated heterocycles. The van der Waals surface area contributed by atoms with E-state index in [0.717, 1.165) is 43.7 Å². The van der Waals surface area contributed by atoms with Crippen LogP contribution >= 0.6 is 0 Å². The van der Waals surface area contributed by atoms with Crippen LogP contribution < -0.4 is 10.6 Å². The first kappa shape index (κ1) is 22.9.